The first-order chi connectivity index (χ1) is 11.5. The Bertz CT molecular complexity index is 685. The molecule has 3 rings (SSSR count). The van der Waals surface area contributed by atoms with Gasteiger partial charge < -0.3 is 15.6 Å². The van der Waals surface area contributed by atoms with Crippen LogP contribution in [0.15, 0.2) is 42.5 Å². The number of piperidine rings is 1. The van der Waals surface area contributed by atoms with Crippen molar-refractivity contribution in [1.82, 2.24) is 4.90 Å². The van der Waals surface area contributed by atoms with Gasteiger partial charge in [-0.15, -0.1) is 0 Å². The number of nitrogens with two attached hydrogens (primary N) is 1. The van der Waals surface area contributed by atoms with Crippen molar-refractivity contribution < 1.29 is 9.84 Å². The average molecular weight is 326 g/mol. The number of β-amino-alcohol motifs (C(OH)–C–C–N with tert-alkyl or cyclic N) is 1. The predicted molar refractivity (Wildman–Crippen MR) is 96.3 cm³/mol. The first-order valence-corrected chi connectivity index (χ1v) is 8.51. The van der Waals surface area contributed by atoms with E-state index < -0.39 is 6.10 Å². The fourth-order valence-electron chi connectivity index (χ4n) is 2.99. The molecular formula is C20H26N2O2. The molecule has 2 atom stereocenters. The van der Waals surface area contributed by atoms with Crippen molar-refractivity contribution in [3.05, 3.63) is 59.2 Å². The van der Waals surface area contributed by atoms with Gasteiger partial charge >= 0.3 is 0 Å². The zero-order valence-electron chi connectivity index (χ0n) is 14.4. The van der Waals surface area contributed by atoms with Gasteiger partial charge in [0.25, 0.3) is 0 Å². The third-order valence-corrected chi connectivity index (χ3v) is 4.76. The lowest BCUT2D eigenvalue weighted by Crippen LogP contribution is -2.50. The molecule has 1 saturated heterocycles. The number of aliphatic hydroxyl groups excluding tert-OH is 1. The highest BCUT2D eigenvalue weighted by atomic mass is 16.5. The van der Waals surface area contributed by atoms with Crippen LogP contribution in [0.4, 0.5) is 0 Å². The summed E-state index contributed by atoms with van der Waals surface area (Å²) in [6.45, 7) is 6.58. The topological polar surface area (TPSA) is 58.7 Å². The molecule has 3 N–H and O–H groups in total. The lowest BCUT2D eigenvalue weighted by molar-refractivity contribution is 0.0499. The van der Waals surface area contributed by atoms with E-state index in [1.54, 1.807) is 0 Å². The molecule has 1 aliphatic heterocycles. The van der Waals surface area contributed by atoms with Crippen molar-refractivity contribution in [2.75, 3.05) is 13.1 Å². The summed E-state index contributed by atoms with van der Waals surface area (Å²) in [7, 11) is 0. The van der Waals surface area contributed by atoms with Gasteiger partial charge in [0.1, 0.15) is 11.5 Å². The predicted octanol–water partition coefficient (Wildman–Crippen LogP) is 2.99. The number of likely N-dealkylation sites (tertiary alicyclic amines) is 1. The second-order valence-corrected chi connectivity index (χ2v) is 6.75. The molecule has 0 spiro atoms. The molecule has 1 aliphatic rings. The number of benzene rings is 2. The summed E-state index contributed by atoms with van der Waals surface area (Å²) in [5.41, 5.74) is 9.56. The van der Waals surface area contributed by atoms with Crippen LogP contribution in [0, 0.1) is 13.8 Å². The van der Waals surface area contributed by atoms with E-state index in [0.29, 0.717) is 6.54 Å². The first-order valence-electron chi connectivity index (χ1n) is 8.51. The smallest absolute Gasteiger partial charge is 0.127 e. The second-order valence-electron chi connectivity index (χ2n) is 6.75. The highest BCUT2D eigenvalue weighted by molar-refractivity contribution is 5.38. The van der Waals surface area contributed by atoms with Gasteiger partial charge in [0.15, 0.2) is 0 Å². The van der Waals surface area contributed by atoms with E-state index in [9.17, 15) is 5.11 Å². The molecule has 0 unspecified atom stereocenters. The molecular weight excluding hydrogens is 300 g/mol. The Morgan fingerprint density at radius 3 is 2.46 bits per heavy atom. The lowest BCUT2D eigenvalue weighted by atomic mass is 10.0. The molecule has 1 fully saturated rings. The molecule has 1 heterocycles. The Hall–Kier alpha value is -1.88. The first kappa shape index (κ1) is 17.0. The van der Waals surface area contributed by atoms with Crippen molar-refractivity contribution in [3.8, 4) is 11.5 Å². The summed E-state index contributed by atoms with van der Waals surface area (Å²) >= 11 is 0. The van der Waals surface area contributed by atoms with Crippen LogP contribution in [-0.2, 0) is 6.54 Å². The second kappa shape index (κ2) is 7.34. The van der Waals surface area contributed by atoms with Crippen molar-refractivity contribution in [3.63, 3.8) is 0 Å². The van der Waals surface area contributed by atoms with Gasteiger partial charge in [0, 0.05) is 25.7 Å². The largest absolute Gasteiger partial charge is 0.457 e. The summed E-state index contributed by atoms with van der Waals surface area (Å²) in [4.78, 5) is 2.24. The monoisotopic (exact) mass is 326 g/mol. The van der Waals surface area contributed by atoms with Gasteiger partial charge in [-0.1, -0.05) is 18.2 Å². The van der Waals surface area contributed by atoms with Crippen LogP contribution < -0.4 is 10.5 Å². The number of aliphatic hydroxyl groups is 1. The standard InChI is InChI=1S/C20H26N2O2/c1-14-3-6-18(11-15(14)2)24-17-7-4-16(5-8-17)12-22-10-9-19(21)20(23)13-22/h3-8,11,19-20,23H,9-10,12-13,21H2,1-2H3/t19-,20-/m0/s1. The van der Waals surface area contributed by atoms with Crippen LogP contribution in [0.3, 0.4) is 0 Å². The van der Waals surface area contributed by atoms with Gasteiger partial charge in [-0.25, -0.2) is 0 Å². The Morgan fingerprint density at radius 2 is 1.79 bits per heavy atom. The minimum Gasteiger partial charge on any atom is -0.457 e. The van der Waals surface area contributed by atoms with Crippen molar-refractivity contribution in [2.24, 2.45) is 5.73 Å². The van der Waals surface area contributed by atoms with E-state index in [-0.39, 0.29) is 6.04 Å². The quantitative estimate of drug-likeness (QED) is 0.907. The minimum atomic E-state index is -0.425. The van der Waals surface area contributed by atoms with E-state index >= 15 is 0 Å². The van der Waals surface area contributed by atoms with Crippen LogP contribution in [0.5, 0.6) is 11.5 Å². The molecule has 0 radical (unpaired) electrons. The number of nitrogens with zero attached hydrogens (tertiary/aromatic N) is 1. The SMILES string of the molecule is Cc1ccc(Oc2ccc(CN3CC[C@H](N)[C@@H](O)C3)cc2)cc1C. The van der Waals surface area contributed by atoms with E-state index in [0.717, 1.165) is 31.0 Å². The van der Waals surface area contributed by atoms with Gasteiger partial charge in [-0.2, -0.15) is 0 Å². The summed E-state index contributed by atoms with van der Waals surface area (Å²) in [6, 6.07) is 14.2. The lowest BCUT2D eigenvalue weighted by Gasteiger charge is -2.34. The Labute approximate surface area is 143 Å². The van der Waals surface area contributed by atoms with Gasteiger partial charge in [0.05, 0.1) is 6.10 Å². The van der Waals surface area contributed by atoms with Gasteiger partial charge in [-0.3, -0.25) is 4.90 Å². The third kappa shape index (κ3) is 4.15. The molecule has 0 aromatic heterocycles. The minimum absolute atomic E-state index is 0.0880. The molecule has 4 nitrogen and oxygen atoms in total. The van der Waals surface area contributed by atoms with Crippen LogP contribution in [0.2, 0.25) is 0 Å². The Kier molecular flexibility index (Phi) is 5.19. The average Bonchev–Trinajstić information content (AvgIpc) is 2.56. The fraction of sp³-hybridized carbons (Fsp3) is 0.400. The Balaban J connectivity index is 1.60. The summed E-state index contributed by atoms with van der Waals surface area (Å²) in [5, 5.41) is 9.89. The van der Waals surface area contributed by atoms with Crippen molar-refractivity contribution in [2.45, 2.75) is 39.0 Å². The zero-order valence-corrected chi connectivity index (χ0v) is 14.4. The maximum absolute atomic E-state index is 9.89. The zero-order chi connectivity index (χ0) is 17.1. The van der Waals surface area contributed by atoms with Crippen molar-refractivity contribution in [1.29, 1.82) is 0 Å². The van der Waals surface area contributed by atoms with Crippen LogP contribution in [0.1, 0.15) is 23.1 Å². The van der Waals surface area contributed by atoms with E-state index in [4.69, 9.17) is 10.5 Å². The highest BCUT2D eigenvalue weighted by Crippen LogP contribution is 2.24. The summed E-state index contributed by atoms with van der Waals surface area (Å²) in [6.07, 6.45) is 0.418. The van der Waals surface area contributed by atoms with Crippen LogP contribution in [-0.4, -0.2) is 35.2 Å². The third-order valence-electron chi connectivity index (χ3n) is 4.76. The normalized spacial score (nSPS) is 21.7. The molecule has 2 aromatic carbocycles. The molecule has 2 aromatic rings. The molecule has 24 heavy (non-hydrogen) atoms. The number of aryl methyl sites for hydroxylation is 2. The van der Waals surface area contributed by atoms with Gasteiger partial charge in [0.2, 0.25) is 0 Å². The molecule has 0 amide bonds. The number of hydrogen-bond acceptors (Lipinski definition) is 4. The van der Waals surface area contributed by atoms with E-state index in [2.05, 4.69) is 43.0 Å². The van der Waals surface area contributed by atoms with Crippen LogP contribution >= 0.6 is 0 Å². The maximum atomic E-state index is 9.89. The van der Waals surface area contributed by atoms with E-state index in [1.165, 1.54) is 16.7 Å². The summed E-state index contributed by atoms with van der Waals surface area (Å²) < 4.78 is 5.92. The molecule has 4 heteroatoms. The van der Waals surface area contributed by atoms with Gasteiger partial charge in [-0.05, 0) is 61.2 Å². The van der Waals surface area contributed by atoms with Crippen molar-refractivity contribution >= 4 is 0 Å². The molecule has 0 bridgehead atoms. The Morgan fingerprint density at radius 1 is 1.08 bits per heavy atom. The van der Waals surface area contributed by atoms with Crippen LogP contribution in [0.25, 0.3) is 0 Å². The fourth-order valence-corrected chi connectivity index (χ4v) is 2.99. The number of hydrogen-bond donors (Lipinski definition) is 2. The maximum Gasteiger partial charge on any atom is 0.127 e. The molecule has 128 valence electrons. The summed E-state index contributed by atoms with van der Waals surface area (Å²) in [5.74, 6) is 1.70. The number of rotatable bonds is 4. The molecule has 0 aliphatic carbocycles. The van der Waals surface area contributed by atoms with E-state index in [1.807, 2.05) is 18.2 Å². The highest BCUT2D eigenvalue weighted by Gasteiger charge is 2.24. The molecule has 0 saturated carbocycles. The number of ether oxygens (including phenoxy) is 1.